The molecule has 0 rings (SSSR count). The van der Waals surface area contributed by atoms with Crippen LogP contribution in [0.3, 0.4) is 0 Å². The van der Waals surface area contributed by atoms with Gasteiger partial charge in [-0.2, -0.15) is 0 Å². The van der Waals surface area contributed by atoms with E-state index in [0.717, 1.165) is 13.0 Å². The Hall–Kier alpha value is -0.0800. The average molecular weight is 193 g/mol. The molecule has 0 atom stereocenters. The number of hydrogen-bond donors (Lipinski definition) is 0. The largest absolute Gasteiger partial charge is 0.381 e. The third kappa shape index (κ3) is 9.92. The first kappa shape index (κ1) is 11.9. The van der Waals surface area contributed by atoms with Gasteiger partial charge in [-0.05, 0) is 18.0 Å². The van der Waals surface area contributed by atoms with Crippen LogP contribution in [-0.2, 0) is 9.53 Å². The maximum absolute atomic E-state index is 10.3. The monoisotopic (exact) mass is 192 g/mol. The summed E-state index contributed by atoms with van der Waals surface area (Å²) < 4.78 is 5.19. The maximum atomic E-state index is 10.3. The molecule has 72 valence electrons. The summed E-state index contributed by atoms with van der Waals surface area (Å²) in [5.41, 5.74) is 0. The zero-order chi connectivity index (χ0) is 9.23. The van der Waals surface area contributed by atoms with Gasteiger partial charge in [0.1, 0.15) is 0 Å². The summed E-state index contributed by atoms with van der Waals surface area (Å²) in [7, 11) is 0. The van der Waals surface area contributed by atoms with E-state index in [1.165, 1.54) is 19.3 Å². The molecule has 0 heterocycles. The van der Waals surface area contributed by atoms with Gasteiger partial charge in [-0.25, -0.2) is 0 Å². The van der Waals surface area contributed by atoms with Crippen LogP contribution in [0.25, 0.3) is 0 Å². The highest BCUT2D eigenvalue weighted by Crippen LogP contribution is 1.99. The zero-order valence-corrected chi connectivity index (χ0v) is 8.40. The smallest absolute Gasteiger partial charge is 0.223 e. The Balaban J connectivity index is 2.86. The van der Waals surface area contributed by atoms with Crippen molar-refractivity contribution >= 4 is 16.8 Å². The highest BCUT2D eigenvalue weighted by Gasteiger charge is 1.94. The van der Waals surface area contributed by atoms with Crippen molar-refractivity contribution in [1.29, 1.82) is 0 Å². The first-order valence-electron chi connectivity index (χ1n) is 4.53. The summed E-state index contributed by atoms with van der Waals surface area (Å²) in [6.45, 7) is 3.39. The van der Waals surface area contributed by atoms with Gasteiger partial charge < -0.3 is 4.74 Å². The van der Waals surface area contributed by atoms with E-state index < -0.39 is 0 Å². The van der Waals surface area contributed by atoms with Crippen molar-refractivity contribution in [2.75, 3.05) is 13.2 Å². The predicted molar refractivity (Wildman–Crippen MR) is 50.4 cm³/mol. The van der Waals surface area contributed by atoms with Crippen LogP contribution in [0.15, 0.2) is 0 Å². The van der Waals surface area contributed by atoms with E-state index in [9.17, 15) is 4.79 Å². The Morgan fingerprint density at radius 3 is 2.58 bits per heavy atom. The quantitative estimate of drug-likeness (QED) is 0.437. The van der Waals surface area contributed by atoms with Crippen molar-refractivity contribution in [1.82, 2.24) is 0 Å². The van der Waals surface area contributed by atoms with Crippen molar-refractivity contribution in [3.8, 4) is 0 Å². The number of rotatable bonds is 8. The lowest BCUT2D eigenvalue weighted by molar-refractivity contribution is -0.112. The number of carbonyl (C=O) groups is 1. The second-order valence-corrected chi connectivity index (χ2v) is 3.20. The molecule has 0 unspecified atom stereocenters. The average Bonchev–Trinajstić information content (AvgIpc) is 2.02. The number of ether oxygens (including phenoxy) is 1. The van der Waals surface area contributed by atoms with Crippen LogP contribution in [0, 0.1) is 0 Å². The summed E-state index contributed by atoms with van der Waals surface area (Å²) in [4.78, 5) is 10.3. The van der Waals surface area contributed by atoms with E-state index in [0.29, 0.717) is 13.0 Å². The van der Waals surface area contributed by atoms with Crippen LogP contribution in [0.5, 0.6) is 0 Å². The molecule has 0 spiro atoms. The summed E-state index contributed by atoms with van der Waals surface area (Å²) in [6.07, 6.45) is 5.13. The van der Waals surface area contributed by atoms with Gasteiger partial charge in [-0.3, -0.25) is 4.79 Å². The van der Waals surface area contributed by atoms with Gasteiger partial charge in [-0.1, -0.05) is 26.2 Å². The van der Waals surface area contributed by atoms with E-state index in [1.54, 1.807) is 0 Å². The molecule has 0 fully saturated rings. The molecule has 0 aromatic carbocycles. The fraction of sp³-hybridized carbons (Fsp3) is 0.889. The highest BCUT2D eigenvalue weighted by molar-refractivity contribution is 6.63. The third-order valence-corrected chi connectivity index (χ3v) is 1.77. The number of unbranched alkanes of at least 4 members (excludes halogenated alkanes) is 3. The Labute approximate surface area is 79.2 Å². The van der Waals surface area contributed by atoms with E-state index in [1.807, 2.05) is 0 Å². The van der Waals surface area contributed by atoms with Crippen molar-refractivity contribution < 1.29 is 9.53 Å². The van der Waals surface area contributed by atoms with Crippen LogP contribution in [0.1, 0.15) is 39.0 Å². The van der Waals surface area contributed by atoms with Gasteiger partial charge >= 0.3 is 0 Å². The summed E-state index contributed by atoms with van der Waals surface area (Å²) in [6, 6.07) is 0. The lowest BCUT2D eigenvalue weighted by Crippen LogP contribution is -2.00. The molecule has 2 nitrogen and oxygen atoms in total. The molecular formula is C9H17ClO2. The minimum absolute atomic E-state index is 0.316. The van der Waals surface area contributed by atoms with Crippen LogP contribution in [0.2, 0.25) is 0 Å². The summed E-state index contributed by atoms with van der Waals surface area (Å²) in [5, 5.41) is -0.316. The lowest BCUT2D eigenvalue weighted by Gasteiger charge is -2.00. The first-order chi connectivity index (χ1) is 5.77. The Morgan fingerprint density at radius 1 is 1.25 bits per heavy atom. The molecular weight excluding hydrogens is 176 g/mol. The van der Waals surface area contributed by atoms with Crippen molar-refractivity contribution in [2.45, 2.75) is 39.0 Å². The van der Waals surface area contributed by atoms with Gasteiger partial charge in [-0.15, -0.1) is 0 Å². The standard InChI is InChI=1S/C9H17ClO2/c1-2-3-4-5-7-12-8-6-9(10)11/h2-8H2,1H3. The van der Waals surface area contributed by atoms with Crippen LogP contribution >= 0.6 is 11.6 Å². The van der Waals surface area contributed by atoms with Gasteiger partial charge in [0.25, 0.3) is 0 Å². The van der Waals surface area contributed by atoms with Crippen LogP contribution in [-0.4, -0.2) is 18.5 Å². The normalized spacial score (nSPS) is 10.2. The second kappa shape index (κ2) is 9.01. The topological polar surface area (TPSA) is 26.3 Å². The maximum Gasteiger partial charge on any atom is 0.223 e. The Bertz CT molecular complexity index is 115. The second-order valence-electron chi connectivity index (χ2n) is 2.78. The van der Waals surface area contributed by atoms with Gasteiger partial charge in [0.05, 0.1) is 6.61 Å². The van der Waals surface area contributed by atoms with Crippen molar-refractivity contribution in [3.63, 3.8) is 0 Å². The Morgan fingerprint density at radius 2 is 2.00 bits per heavy atom. The number of halogens is 1. The zero-order valence-electron chi connectivity index (χ0n) is 7.64. The van der Waals surface area contributed by atoms with E-state index in [2.05, 4.69) is 6.92 Å². The Kier molecular flexibility index (Phi) is 8.95. The highest BCUT2D eigenvalue weighted by atomic mass is 35.5. The summed E-state index contributed by atoms with van der Waals surface area (Å²) in [5.74, 6) is 0. The molecule has 0 radical (unpaired) electrons. The molecule has 0 N–H and O–H groups in total. The number of carbonyl (C=O) groups excluding carboxylic acids is 1. The lowest BCUT2D eigenvalue weighted by atomic mass is 10.2. The fourth-order valence-electron chi connectivity index (χ4n) is 0.885. The molecule has 0 saturated heterocycles. The van der Waals surface area contributed by atoms with E-state index >= 15 is 0 Å². The van der Waals surface area contributed by atoms with Gasteiger partial charge in [0.15, 0.2) is 0 Å². The third-order valence-electron chi connectivity index (χ3n) is 1.59. The SMILES string of the molecule is CCCCCCOCCC(=O)Cl. The molecule has 0 aliphatic carbocycles. The van der Waals surface area contributed by atoms with Gasteiger partial charge in [0, 0.05) is 13.0 Å². The fourth-order valence-corrected chi connectivity index (χ4v) is 0.963. The van der Waals surface area contributed by atoms with Crippen molar-refractivity contribution in [2.24, 2.45) is 0 Å². The molecule has 0 aliphatic rings. The summed E-state index contributed by atoms with van der Waals surface area (Å²) >= 11 is 5.12. The van der Waals surface area contributed by atoms with E-state index in [-0.39, 0.29) is 5.24 Å². The molecule has 0 bridgehead atoms. The molecule has 0 aromatic heterocycles. The molecule has 0 aromatic rings. The molecule has 0 amide bonds. The molecule has 3 heteroatoms. The predicted octanol–water partition coefficient (Wildman–Crippen LogP) is 2.74. The molecule has 12 heavy (non-hydrogen) atoms. The molecule has 0 aliphatic heterocycles. The first-order valence-corrected chi connectivity index (χ1v) is 4.91. The van der Waals surface area contributed by atoms with Crippen LogP contribution in [0.4, 0.5) is 0 Å². The van der Waals surface area contributed by atoms with E-state index in [4.69, 9.17) is 16.3 Å². The minimum Gasteiger partial charge on any atom is -0.381 e. The molecule has 0 saturated carbocycles. The van der Waals surface area contributed by atoms with Crippen LogP contribution < -0.4 is 0 Å². The van der Waals surface area contributed by atoms with Crippen molar-refractivity contribution in [3.05, 3.63) is 0 Å². The number of hydrogen-bond acceptors (Lipinski definition) is 2. The minimum atomic E-state index is -0.316. The van der Waals surface area contributed by atoms with Gasteiger partial charge in [0.2, 0.25) is 5.24 Å².